The number of aliphatic carboxylic acids is 1. The van der Waals surface area contributed by atoms with Crippen LogP contribution in [0.4, 0.5) is 5.69 Å². The van der Waals surface area contributed by atoms with Gasteiger partial charge in [0.05, 0.1) is 7.11 Å². The summed E-state index contributed by atoms with van der Waals surface area (Å²) >= 11 is 0. The first-order valence-corrected chi connectivity index (χ1v) is 8.72. The third kappa shape index (κ3) is 3.71. The number of carboxylic acids is 1. The average Bonchev–Trinajstić information content (AvgIpc) is 3.11. The molecule has 2 fully saturated rings. The molecule has 1 saturated heterocycles. The number of rotatable bonds is 5. The van der Waals surface area contributed by atoms with E-state index in [4.69, 9.17) is 4.74 Å². The third-order valence-electron chi connectivity index (χ3n) is 5.10. The molecule has 7 nitrogen and oxygen atoms in total. The number of nitrogens with one attached hydrogen (secondary N) is 2. The fourth-order valence-corrected chi connectivity index (χ4v) is 3.72. The highest BCUT2D eigenvalue weighted by Crippen LogP contribution is 2.35. The molecule has 1 heterocycles. The molecule has 0 aromatic heterocycles. The van der Waals surface area contributed by atoms with E-state index in [1.165, 1.54) is 0 Å². The normalized spacial score (nSPS) is 22.4. The Balaban J connectivity index is 1.76. The van der Waals surface area contributed by atoms with E-state index in [-0.39, 0.29) is 12.5 Å². The highest BCUT2D eigenvalue weighted by atomic mass is 16.5. The standard InChI is InChI=1S/C18H25N3O4/c1-25-14-6-4-13(5-7-14)20-18(8-2-3-9-18)17(24)21-11-10-19-15(12-21)16(22)23/h4-7,15,19-20H,2-3,8-12H2,1H3,(H,22,23). The van der Waals surface area contributed by atoms with Gasteiger partial charge in [0, 0.05) is 25.3 Å². The van der Waals surface area contributed by atoms with Gasteiger partial charge >= 0.3 is 5.97 Å². The number of hydrogen-bond donors (Lipinski definition) is 3. The van der Waals surface area contributed by atoms with Crippen LogP contribution in [0.1, 0.15) is 25.7 Å². The predicted octanol–water partition coefficient (Wildman–Crippen LogP) is 1.30. The van der Waals surface area contributed by atoms with Gasteiger partial charge in [0.25, 0.3) is 0 Å². The molecule has 1 aliphatic carbocycles. The molecule has 1 unspecified atom stereocenters. The SMILES string of the molecule is COc1ccc(NC2(C(=O)N3CCNC(C(=O)O)C3)CCCC2)cc1. The second kappa shape index (κ2) is 7.31. The summed E-state index contributed by atoms with van der Waals surface area (Å²) in [4.78, 5) is 26.2. The summed E-state index contributed by atoms with van der Waals surface area (Å²) in [5, 5.41) is 15.6. The lowest BCUT2D eigenvalue weighted by molar-refractivity contribution is -0.144. The van der Waals surface area contributed by atoms with Crippen molar-refractivity contribution in [1.29, 1.82) is 0 Å². The van der Waals surface area contributed by atoms with E-state index in [1.807, 2.05) is 24.3 Å². The number of nitrogens with zero attached hydrogens (tertiary/aromatic N) is 1. The highest BCUT2D eigenvalue weighted by Gasteiger charge is 2.44. The van der Waals surface area contributed by atoms with Crippen molar-refractivity contribution < 1.29 is 19.4 Å². The second-order valence-corrected chi connectivity index (χ2v) is 6.74. The molecule has 0 spiro atoms. The largest absolute Gasteiger partial charge is 0.497 e. The molecule has 25 heavy (non-hydrogen) atoms. The number of benzene rings is 1. The zero-order valence-electron chi connectivity index (χ0n) is 14.5. The van der Waals surface area contributed by atoms with Crippen molar-refractivity contribution >= 4 is 17.6 Å². The van der Waals surface area contributed by atoms with Gasteiger partial charge in [-0.1, -0.05) is 12.8 Å². The Morgan fingerprint density at radius 3 is 2.56 bits per heavy atom. The highest BCUT2D eigenvalue weighted by molar-refractivity contribution is 5.90. The summed E-state index contributed by atoms with van der Waals surface area (Å²) < 4.78 is 5.18. The van der Waals surface area contributed by atoms with E-state index < -0.39 is 17.6 Å². The number of ether oxygens (including phenoxy) is 1. The van der Waals surface area contributed by atoms with E-state index in [1.54, 1.807) is 12.0 Å². The number of carbonyl (C=O) groups excluding carboxylic acids is 1. The summed E-state index contributed by atoms with van der Waals surface area (Å²) in [7, 11) is 1.62. The molecule has 1 aromatic rings. The smallest absolute Gasteiger partial charge is 0.322 e. The fourth-order valence-electron chi connectivity index (χ4n) is 3.72. The lowest BCUT2D eigenvalue weighted by atomic mass is 9.94. The molecule has 0 bridgehead atoms. The molecular formula is C18H25N3O4. The van der Waals surface area contributed by atoms with Crippen molar-refractivity contribution in [1.82, 2.24) is 10.2 Å². The first kappa shape index (κ1) is 17.5. The van der Waals surface area contributed by atoms with Crippen molar-refractivity contribution in [3.05, 3.63) is 24.3 Å². The lowest BCUT2D eigenvalue weighted by Crippen LogP contribution is -2.61. The van der Waals surface area contributed by atoms with Crippen molar-refractivity contribution in [3.63, 3.8) is 0 Å². The van der Waals surface area contributed by atoms with Crippen LogP contribution in [0.3, 0.4) is 0 Å². The van der Waals surface area contributed by atoms with Gasteiger partial charge in [0.2, 0.25) is 5.91 Å². The maximum Gasteiger partial charge on any atom is 0.322 e. The third-order valence-corrected chi connectivity index (χ3v) is 5.10. The van der Waals surface area contributed by atoms with E-state index in [9.17, 15) is 14.7 Å². The minimum absolute atomic E-state index is 0.00793. The molecule has 7 heteroatoms. The number of carbonyl (C=O) groups is 2. The summed E-state index contributed by atoms with van der Waals surface area (Å²) in [5.74, 6) is -0.140. The molecule has 1 aliphatic heterocycles. The zero-order chi connectivity index (χ0) is 17.9. The molecule has 1 saturated carbocycles. The summed E-state index contributed by atoms with van der Waals surface area (Å²) in [6.07, 6.45) is 3.51. The molecule has 1 atom stereocenters. The maximum atomic E-state index is 13.2. The van der Waals surface area contributed by atoms with Gasteiger partial charge < -0.3 is 25.4 Å². The molecular weight excluding hydrogens is 322 g/mol. The molecule has 2 aliphatic rings. The van der Waals surface area contributed by atoms with Crippen molar-refractivity contribution in [3.8, 4) is 5.75 Å². The maximum absolute atomic E-state index is 13.2. The minimum Gasteiger partial charge on any atom is -0.497 e. The van der Waals surface area contributed by atoms with Gasteiger partial charge in [-0.3, -0.25) is 9.59 Å². The van der Waals surface area contributed by atoms with Gasteiger partial charge in [-0.15, -0.1) is 0 Å². The predicted molar refractivity (Wildman–Crippen MR) is 93.8 cm³/mol. The number of anilines is 1. The number of carboxylic acid groups (broad SMARTS) is 1. The van der Waals surface area contributed by atoms with E-state index in [0.29, 0.717) is 13.1 Å². The molecule has 1 amide bonds. The van der Waals surface area contributed by atoms with Crippen LogP contribution >= 0.6 is 0 Å². The van der Waals surface area contributed by atoms with Crippen LogP contribution in [-0.4, -0.2) is 60.2 Å². The summed E-state index contributed by atoms with van der Waals surface area (Å²) in [6, 6.07) is 6.84. The fraction of sp³-hybridized carbons (Fsp3) is 0.556. The average molecular weight is 347 g/mol. The Hall–Kier alpha value is -2.28. The molecule has 136 valence electrons. The summed E-state index contributed by atoms with van der Waals surface area (Å²) in [6.45, 7) is 1.25. The molecule has 1 aromatic carbocycles. The quantitative estimate of drug-likeness (QED) is 0.744. The van der Waals surface area contributed by atoms with E-state index in [0.717, 1.165) is 37.1 Å². The van der Waals surface area contributed by atoms with E-state index >= 15 is 0 Å². The van der Waals surface area contributed by atoms with Crippen LogP contribution in [0.5, 0.6) is 5.75 Å². The first-order valence-electron chi connectivity index (χ1n) is 8.72. The Kier molecular flexibility index (Phi) is 5.13. The number of amides is 1. The van der Waals surface area contributed by atoms with E-state index in [2.05, 4.69) is 10.6 Å². The topological polar surface area (TPSA) is 90.9 Å². The van der Waals surface area contributed by atoms with Crippen LogP contribution in [0.25, 0.3) is 0 Å². The Bertz CT molecular complexity index is 626. The van der Waals surface area contributed by atoms with Crippen LogP contribution in [0.2, 0.25) is 0 Å². The number of methoxy groups -OCH3 is 1. The lowest BCUT2D eigenvalue weighted by Gasteiger charge is -2.39. The molecule has 3 rings (SSSR count). The van der Waals surface area contributed by atoms with Crippen LogP contribution in [0, 0.1) is 0 Å². The molecule has 3 N–H and O–H groups in total. The van der Waals surface area contributed by atoms with Crippen LogP contribution in [0.15, 0.2) is 24.3 Å². The Morgan fingerprint density at radius 2 is 1.96 bits per heavy atom. The molecule has 0 radical (unpaired) electrons. The van der Waals surface area contributed by atoms with Gasteiger partial charge in [0.15, 0.2) is 0 Å². The second-order valence-electron chi connectivity index (χ2n) is 6.74. The number of piperazine rings is 1. The van der Waals surface area contributed by atoms with Gasteiger partial charge in [0.1, 0.15) is 17.3 Å². The Morgan fingerprint density at radius 1 is 1.28 bits per heavy atom. The Labute approximate surface area is 147 Å². The van der Waals surface area contributed by atoms with Crippen molar-refractivity contribution in [2.45, 2.75) is 37.3 Å². The van der Waals surface area contributed by atoms with Crippen molar-refractivity contribution in [2.24, 2.45) is 0 Å². The monoisotopic (exact) mass is 347 g/mol. The van der Waals surface area contributed by atoms with Gasteiger partial charge in [-0.05, 0) is 37.1 Å². The summed E-state index contributed by atoms with van der Waals surface area (Å²) in [5.41, 5.74) is 0.232. The number of hydrogen-bond acceptors (Lipinski definition) is 5. The van der Waals surface area contributed by atoms with Crippen LogP contribution < -0.4 is 15.4 Å². The zero-order valence-corrected chi connectivity index (χ0v) is 14.5. The van der Waals surface area contributed by atoms with Gasteiger partial charge in [-0.25, -0.2) is 0 Å². The van der Waals surface area contributed by atoms with Crippen molar-refractivity contribution in [2.75, 3.05) is 32.1 Å². The van der Waals surface area contributed by atoms with Gasteiger partial charge in [-0.2, -0.15) is 0 Å². The van der Waals surface area contributed by atoms with Crippen LogP contribution in [-0.2, 0) is 9.59 Å². The minimum atomic E-state index is -0.916. The first-order chi connectivity index (χ1) is 12.0.